The van der Waals surface area contributed by atoms with Crippen molar-refractivity contribution in [2.75, 3.05) is 25.0 Å². The molecule has 108 valence electrons. The van der Waals surface area contributed by atoms with Gasteiger partial charge in [-0.2, -0.15) is 0 Å². The van der Waals surface area contributed by atoms with E-state index in [1.165, 1.54) is 12.5 Å². The van der Waals surface area contributed by atoms with Crippen molar-refractivity contribution in [2.45, 2.75) is 25.7 Å². The van der Waals surface area contributed by atoms with Crippen LogP contribution in [0.5, 0.6) is 0 Å². The quantitative estimate of drug-likeness (QED) is 0.834. The van der Waals surface area contributed by atoms with Crippen LogP contribution in [0.15, 0.2) is 12.1 Å². The Balaban J connectivity index is 1.74. The number of piperidine rings is 1. The highest BCUT2D eigenvalue weighted by Gasteiger charge is 2.15. The third-order valence-electron chi connectivity index (χ3n) is 3.24. The van der Waals surface area contributed by atoms with E-state index in [0.29, 0.717) is 18.8 Å². The van der Waals surface area contributed by atoms with Gasteiger partial charge in [-0.25, -0.2) is 4.79 Å². The molecule has 0 atom stereocenters. The summed E-state index contributed by atoms with van der Waals surface area (Å²) in [6, 6.07) is 2.92. The lowest BCUT2D eigenvalue weighted by Gasteiger charge is -2.26. The van der Waals surface area contributed by atoms with E-state index in [9.17, 15) is 9.59 Å². The second-order valence-corrected chi connectivity index (χ2v) is 4.73. The minimum atomic E-state index is -1.11. The Labute approximate surface area is 117 Å². The number of aromatic nitrogens is 2. The van der Waals surface area contributed by atoms with Crippen LogP contribution in [0.2, 0.25) is 0 Å². The summed E-state index contributed by atoms with van der Waals surface area (Å²) < 4.78 is 0. The van der Waals surface area contributed by atoms with Crippen molar-refractivity contribution in [3.05, 3.63) is 17.8 Å². The summed E-state index contributed by atoms with van der Waals surface area (Å²) in [6.07, 6.45) is 3.78. The van der Waals surface area contributed by atoms with E-state index in [1.54, 1.807) is 6.07 Å². The predicted molar refractivity (Wildman–Crippen MR) is 72.5 cm³/mol. The number of carboxylic acids is 1. The fourth-order valence-corrected chi connectivity index (χ4v) is 2.14. The van der Waals surface area contributed by atoms with Gasteiger partial charge in [0.05, 0.1) is 0 Å². The van der Waals surface area contributed by atoms with Gasteiger partial charge in [0.1, 0.15) is 5.82 Å². The van der Waals surface area contributed by atoms with Crippen molar-refractivity contribution in [1.82, 2.24) is 15.1 Å². The summed E-state index contributed by atoms with van der Waals surface area (Å²) in [4.78, 5) is 24.4. The third kappa shape index (κ3) is 3.91. The van der Waals surface area contributed by atoms with Gasteiger partial charge in [-0.15, -0.1) is 10.2 Å². The third-order valence-corrected chi connectivity index (χ3v) is 3.24. The van der Waals surface area contributed by atoms with E-state index in [4.69, 9.17) is 5.11 Å². The molecule has 0 radical (unpaired) electrons. The summed E-state index contributed by atoms with van der Waals surface area (Å²) in [5.74, 6) is -0.488. The molecule has 2 heterocycles. The van der Waals surface area contributed by atoms with Crippen LogP contribution in [0.4, 0.5) is 5.82 Å². The molecule has 0 aliphatic carbocycles. The van der Waals surface area contributed by atoms with Crippen LogP contribution in [-0.4, -0.2) is 51.7 Å². The van der Waals surface area contributed by atoms with Gasteiger partial charge in [0.15, 0.2) is 5.69 Å². The van der Waals surface area contributed by atoms with Gasteiger partial charge in [-0.05, 0) is 31.4 Å². The van der Waals surface area contributed by atoms with Crippen LogP contribution in [0.25, 0.3) is 0 Å². The molecule has 1 aliphatic heterocycles. The van der Waals surface area contributed by atoms with Crippen molar-refractivity contribution in [3.63, 3.8) is 0 Å². The Kier molecular flexibility index (Phi) is 4.86. The van der Waals surface area contributed by atoms with Crippen molar-refractivity contribution in [1.29, 1.82) is 0 Å². The van der Waals surface area contributed by atoms with E-state index in [1.807, 2.05) is 4.90 Å². The molecule has 0 aromatic carbocycles. The molecule has 20 heavy (non-hydrogen) atoms. The molecular formula is C13H18N4O3. The van der Waals surface area contributed by atoms with Gasteiger partial charge in [-0.1, -0.05) is 0 Å². The molecule has 1 saturated heterocycles. The number of hydrogen-bond acceptors (Lipinski definition) is 5. The molecule has 0 unspecified atom stereocenters. The number of aromatic carboxylic acids is 1. The molecule has 1 aliphatic rings. The van der Waals surface area contributed by atoms with E-state index >= 15 is 0 Å². The lowest BCUT2D eigenvalue weighted by molar-refractivity contribution is -0.131. The van der Waals surface area contributed by atoms with Gasteiger partial charge in [-0.3, -0.25) is 4.79 Å². The first-order valence-corrected chi connectivity index (χ1v) is 6.75. The molecular weight excluding hydrogens is 260 g/mol. The Morgan fingerprint density at radius 2 is 1.95 bits per heavy atom. The number of anilines is 1. The zero-order chi connectivity index (χ0) is 14.4. The maximum absolute atomic E-state index is 11.9. The van der Waals surface area contributed by atoms with Crippen LogP contribution in [0.1, 0.15) is 36.2 Å². The molecule has 1 aromatic rings. The summed E-state index contributed by atoms with van der Waals surface area (Å²) in [5.41, 5.74) is -0.0973. The highest BCUT2D eigenvalue weighted by molar-refractivity contribution is 5.85. The second kappa shape index (κ2) is 6.83. The minimum absolute atomic E-state index is 0.0973. The van der Waals surface area contributed by atoms with Crippen LogP contribution in [0.3, 0.4) is 0 Å². The molecule has 2 rings (SSSR count). The average molecular weight is 278 g/mol. The minimum Gasteiger partial charge on any atom is -0.476 e. The first-order chi connectivity index (χ1) is 9.66. The molecule has 0 saturated carbocycles. The SMILES string of the molecule is O=C(O)c1ccc(NCCC(=O)N2CCCCC2)nn1. The van der Waals surface area contributed by atoms with Crippen molar-refractivity contribution >= 4 is 17.7 Å². The van der Waals surface area contributed by atoms with E-state index in [-0.39, 0.29) is 11.6 Å². The lowest BCUT2D eigenvalue weighted by atomic mass is 10.1. The first kappa shape index (κ1) is 14.2. The number of hydrogen-bond donors (Lipinski definition) is 2. The standard InChI is InChI=1S/C13H18N4O3/c18-12(17-8-2-1-3-9-17)6-7-14-11-5-4-10(13(19)20)15-16-11/h4-5H,1-3,6-9H2,(H,14,16)(H,19,20). The lowest BCUT2D eigenvalue weighted by Crippen LogP contribution is -2.36. The highest BCUT2D eigenvalue weighted by atomic mass is 16.4. The Morgan fingerprint density at radius 3 is 2.55 bits per heavy atom. The largest absolute Gasteiger partial charge is 0.476 e. The van der Waals surface area contributed by atoms with Gasteiger partial charge < -0.3 is 15.3 Å². The van der Waals surface area contributed by atoms with Crippen LogP contribution in [-0.2, 0) is 4.79 Å². The number of carbonyl (C=O) groups is 2. The maximum atomic E-state index is 11.9. The van der Waals surface area contributed by atoms with Gasteiger partial charge >= 0.3 is 5.97 Å². The van der Waals surface area contributed by atoms with Gasteiger partial charge in [0, 0.05) is 26.1 Å². The monoisotopic (exact) mass is 278 g/mol. The topological polar surface area (TPSA) is 95.4 Å². The molecule has 2 N–H and O–H groups in total. The Morgan fingerprint density at radius 1 is 1.20 bits per heavy atom. The van der Waals surface area contributed by atoms with Crippen LogP contribution >= 0.6 is 0 Å². The molecule has 0 spiro atoms. The Hall–Kier alpha value is -2.18. The number of carbonyl (C=O) groups excluding carboxylic acids is 1. The second-order valence-electron chi connectivity index (χ2n) is 4.73. The number of rotatable bonds is 5. The zero-order valence-electron chi connectivity index (χ0n) is 11.2. The van der Waals surface area contributed by atoms with Crippen LogP contribution < -0.4 is 5.32 Å². The maximum Gasteiger partial charge on any atom is 0.356 e. The summed E-state index contributed by atoms with van der Waals surface area (Å²) in [7, 11) is 0. The first-order valence-electron chi connectivity index (χ1n) is 6.75. The van der Waals surface area contributed by atoms with Gasteiger partial charge in [0.2, 0.25) is 5.91 Å². The van der Waals surface area contributed by atoms with Crippen molar-refractivity contribution in [2.24, 2.45) is 0 Å². The van der Waals surface area contributed by atoms with Gasteiger partial charge in [0.25, 0.3) is 0 Å². The van der Waals surface area contributed by atoms with Crippen molar-refractivity contribution < 1.29 is 14.7 Å². The van der Waals surface area contributed by atoms with E-state index in [0.717, 1.165) is 25.9 Å². The normalized spacial score (nSPS) is 14.9. The fraction of sp³-hybridized carbons (Fsp3) is 0.538. The molecule has 7 heteroatoms. The molecule has 7 nitrogen and oxygen atoms in total. The zero-order valence-corrected chi connectivity index (χ0v) is 11.2. The number of nitrogens with zero attached hydrogens (tertiary/aromatic N) is 3. The molecule has 1 fully saturated rings. The fourth-order valence-electron chi connectivity index (χ4n) is 2.14. The average Bonchev–Trinajstić information content (AvgIpc) is 2.48. The van der Waals surface area contributed by atoms with E-state index in [2.05, 4.69) is 15.5 Å². The van der Waals surface area contributed by atoms with Crippen LogP contribution in [0, 0.1) is 0 Å². The summed E-state index contributed by atoms with van der Waals surface area (Å²) in [6.45, 7) is 2.17. The van der Waals surface area contributed by atoms with Crippen molar-refractivity contribution in [3.8, 4) is 0 Å². The van der Waals surface area contributed by atoms with E-state index < -0.39 is 5.97 Å². The number of likely N-dealkylation sites (tertiary alicyclic amines) is 1. The molecule has 1 aromatic heterocycles. The molecule has 0 bridgehead atoms. The molecule has 1 amide bonds. The number of carboxylic acid groups (broad SMARTS) is 1. The number of nitrogens with one attached hydrogen (secondary N) is 1. The Bertz CT molecular complexity index is 469. The number of amides is 1. The predicted octanol–water partition coefficient (Wildman–Crippen LogP) is 0.989. The smallest absolute Gasteiger partial charge is 0.356 e. The summed E-state index contributed by atoms with van der Waals surface area (Å²) in [5, 5.41) is 19.0. The summed E-state index contributed by atoms with van der Waals surface area (Å²) >= 11 is 0. The highest BCUT2D eigenvalue weighted by Crippen LogP contribution is 2.10.